The molecule has 1 amide bonds. The lowest BCUT2D eigenvalue weighted by molar-refractivity contribution is 0.102. The number of hydrogen-bond donors (Lipinski definition) is 1. The van der Waals surface area contributed by atoms with Crippen molar-refractivity contribution in [3.8, 4) is 11.5 Å². The Morgan fingerprint density at radius 2 is 1.97 bits per heavy atom. The van der Waals surface area contributed by atoms with Gasteiger partial charge in [0.1, 0.15) is 0 Å². The van der Waals surface area contributed by atoms with Gasteiger partial charge in [-0.1, -0.05) is 37.3 Å². The third-order valence-electron chi connectivity index (χ3n) is 5.25. The van der Waals surface area contributed by atoms with Crippen molar-refractivity contribution in [1.29, 1.82) is 0 Å². The van der Waals surface area contributed by atoms with E-state index in [1.54, 1.807) is 29.5 Å². The second-order valence-corrected chi connectivity index (χ2v) is 8.82. The number of ether oxygens (including phenoxy) is 2. The van der Waals surface area contributed by atoms with E-state index in [0.29, 0.717) is 35.4 Å². The molecule has 0 saturated carbocycles. The smallest absolute Gasteiger partial charge is 0.257 e. The van der Waals surface area contributed by atoms with E-state index in [0.717, 1.165) is 38.2 Å². The Bertz CT molecular complexity index is 1050. The van der Waals surface area contributed by atoms with Gasteiger partial charge in [0.15, 0.2) is 16.6 Å². The molecule has 1 aliphatic rings. The van der Waals surface area contributed by atoms with E-state index in [1.807, 2.05) is 13.0 Å². The number of benzene rings is 2. The van der Waals surface area contributed by atoms with Gasteiger partial charge in [-0.2, -0.15) is 0 Å². The summed E-state index contributed by atoms with van der Waals surface area (Å²) in [5, 5.41) is 3.61. The van der Waals surface area contributed by atoms with Gasteiger partial charge in [0.2, 0.25) is 0 Å². The van der Waals surface area contributed by atoms with Gasteiger partial charge in [0, 0.05) is 36.5 Å². The monoisotopic (exact) mass is 451 g/mol. The van der Waals surface area contributed by atoms with Gasteiger partial charge in [-0.05, 0) is 37.1 Å². The SMILES string of the molecule is CCCOc1ccc(C(=O)Nc2nc3c(s2)CN(Cc2ccccc2)CC3)cc1OCC. The molecule has 4 rings (SSSR count). The highest BCUT2D eigenvalue weighted by atomic mass is 32.1. The molecule has 0 unspecified atom stereocenters. The van der Waals surface area contributed by atoms with Crippen molar-refractivity contribution in [2.24, 2.45) is 0 Å². The van der Waals surface area contributed by atoms with Crippen LogP contribution in [0.3, 0.4) is 0 Å². The molecule has 32 heavy (non-hydrogen) atoms. The molecule has 0 spiro atoms. The third-order valence-corrected chi connectivity index (χ3v) is 6.25. The normalized spacial score (nSPS) is 13.4. The summed E-state index contributed by atoms with van der Waals surface area (Å²) in [7, 11) is 0. The molecule has 0 atom stereocenters. The average Bonchev–Trinajstić information content (AvgIpc) is 3.20. The Morgan fingerprint density at radius 3 is 2.75 bits per heavy atom. The van der Waals surface area contributed by atoms with Crippen LogP contribution >= 0.6 is 11.3 Å². The fourth-order valence-electron chi connectivity index (χ4n) is 3.70. The van der Waals surface area contributed by atoms with Crippen LogP contribution in [0.5, 0.6) is 11.5 Å². The number of hydrogen-bond acceptors (Lipinski definition) is 6. The maximum absolute atomic E-state index is 12.9. The molecule has 7 heteroatoms. The molecular formula is C25H29N3O3S. The third kappa shape index (κ3) is 5.47. The van der Waals surface area contributed by atoms with Crippen molar-refractivity contribution in [1.82, 2.24) is 9.88 Å². The summed E-state index contributed by atoms with van der Waals surface area (Å²) in [5.74, 6) is 1.05. The number of aromatic nitrogens is 1. The summed E-state index contributed by atoms with van der Waals surface area (Å²) in [5.41, 5.74) is 2.93. The van der Waals surface area contributed by atoms with E-state index < -0.39 is 0 Å². The van der Waals surface area contributed by atoms with Gasteiger partial charge in [-0.3, -0.25) is 15.0 Å². The molecule has 3 aromatic rings. The highest BCUT2D eigenvalue weighted by Gasteiger charge is 2.22. The minimum absolute atomic E-state index is 0.194. The largest absolute Gasteiger partial charge is 0.490 e. The van der Waals surface area contributed by atoms with E-state index in [1.165, 1.54) is 10.4 Å². The van der Waals surface area contributed by atoms with Gasteiger partial charge in [0.05, 0.1) is 18.9 Å². The number of carbonyl (C=O) groups is 1. The van der Waals surface area contributed by atoms with Crippen LogP contribution in [-0.4, -0.2) is 35.5 Å². The van der Waals surface area contributed by atoms with Crippen LogP contribution in [0.4, 0.5) is 5.13 Å². The highest BCUT2D eigenvalue weighted by molar-refractivity contribution is 7.15. The average molecular weight is 452 g/mol. The van der Waals surface area contributed by atoms with Crippen LogP contribution in [0, 0.1) is 0 Å². The van der Waals surface area contributed by atoms with Crippen LogP contribution in [0.25, 0.3) is 0 Å². The van der Waals surface area contributed by atoms with Crippen molar-refractivity contribution in [3.05, 3.63) is 70.2 Å². The maximum Gasteiger partial charge on any atom is 0.257 e. The van der Waals surface area contributed by atoms with Gasteiger partial charge in [-0.25, -0.2) is 4.98 Å². The topological polar surface area (TPSA) is 63.7 Å². The maximum atomic E-state index is 12.9. The minimum atomic E-state index is -0.194. The zero-order chi connectivity index (χ0) is 22.3. The fourth-order valence-corrected chi connectivity index (χ4v) is 4.74. The molecule has 0 saturated heterocycles. The summed E-state index contributed by atoms with van der Waals surface area (Å²) in [6, 6.07) is 15.8. The molecule has 1 aliphatic heterocycles. The summed E-state index contributed by atoms with van der Waals surface area (Å²) < 4.78 is 11.4. The molecule has 2 heterocycles. The standard InChI is InChI=1S/C25H29N3O3S/c1-3-14-31-21-11-10-19(15-22(21)30-4-2)24(29)27-25-26-20-12-13-28(17-23(20)32-25)16-18-8-6-5-7-9-18/h5-11,15H,3-4,12-14,16-17H2,1-2H3,(H,26,27,29). The van der Waals surface area contributed by atoms with E-state index in [9.17, 15) is 4.79 Å². The zero-order valence-electron chi connectivity index (χ0n) is 18.6. The Labute approximate surface area is 193 Å². The van der Waals surface area contributed by atoms with Crippen molar-refractivity contribution >= 4 is 22.4 Å². The number of nitrogens with one attached hydrogen (secondary N) is 1. The first-order valence-electron chi connectivity index (χ1n) is 11.1. The Kier molecular flexibility index (Phi) is 7.39. The van der Waals surface area contributed by atoms with Crippen molar-refractivity contribution in [2.75, 3.05) is 25.1 Å². The molecule has 0 aliphatic carbocycles. The summed E-state index contributed by atoms with van der Waals surface area (Å²) in [6.45, 7) is 7.83. The molecule has 6 nitrogen and oxygen atoms in total. The number of thiazole rings is 1. The summed E-state index contributed by atoms with van der Waals surface area (Å²) in [4.78, 5) is 21.2. The second-order valence-electron chi connectivity index (χ2n) is 7.73. The molecular weight excluding hydrogens is 422 g/mol. The first-order valence-corrected chi connectivity index (χ1v) is 11.9. The molecule has 168 valence electrons. The lowest BCUT2D eigenvalue weighted by Crippen LogP contribution is -2.29. The van der Waals surface area contributed by atoms with Crippen LogP contribution in [0.1, 0.15) is 46.8 Å². The van der Waals surface area contributed by atoms with Gasteiger partial charge in [0.25, 0.3) is 5.91 Å². The number of anilines is 1. The predicted molar refractivity (Wildman–Crippen MR) is 128 cm³/mol. The molecule has 0 fully saturated rings. The number of fused-ring (bicyclic) bond motifs is 1. The Morgan fingerprint density at radius 1 is 1.12 bits per heavy atom. The highest BCUT2D eigenvalue weighted by Crippen LogP contribution is 2.31. The summed E-state index contributed by atoms with van der Waals surface area (Å²) >= 11 is 1.56. The van der Waals surface area contributed by atoms with Crippen molar-refractivity contribution in [3.63, 3.8) is 0 Å². The van der Waals surface area contributed by atoms with E-state index in [-0.39, 0.29) is 5.91 Å². The number of rotatable bonds is 9. The minimum Gasteiger partial charge on any atom is -0.490 e. The van der Waals surface area contributed by atoms with Gasteiger partial charge in [-0.15, -0.1) is 11.3 Å². The molecule has 0 bridgehead atoms. The second kappa shape index (κ2) is 10.6. The predicted octanol–water partition coefficient (Wildman–Crippen LogP) is 5.14. The molecule has 0 radical (unpaired) electrons. The molecule has 1 N–H and O–H groups in total. The lowest BCUT2D eigenvalue weighted by atomic mass is 10.1. The summed E-state index contributed by atoms with van der Waals surface area (Å²) in [6.07, 6.45) is 1.80. The molecule has 2 aromatic carbocycles. The number of carbonyl (C=O) groups excluding carboxylic acids is 1. The van der Waals surface area contributed by atoms with Crippen LogP contribution in [0.2, 0.25) is 0 Å². The van der Waals surface area contributed by atoms with Crippen molar-refractivity contribution < 1.29 is 14.3 Å². The van der Waals surface area contributed by atoms with E-state index in [4.69, 9.17) is 9.47 Å². The number of nitrogens with zero attached hydrogens (tertiary/aromatic N) is 2. The Balaban J connectivity index is 1.42. The first-order chi connectivity index (χ1) is 15.7. The number of amides is 1. The van der Waals surface area contributed by atoms with Crippen molar-refractivity contribution in [2.45, 2.75) is 39.8 Å². The lowest BCUT2D eigenvalue weighted by Gasteiger charge is -2.25. The van der Waals surface area contributed by atoms with Crippen LogP contribution < -0.4 is 14.8 Å². The van der Waals surface area contributed by atoms with Crippen LogP contribution in [-0.2, 0) is 19.5 Å². The fraction of sp³-hybridized carbons (Fsp3) is 0.360. The van der Waals surface area contributed by atoms with E-state index in [2.05, 4.69) is 46.4 Å². The zero-order valence-corrected chi connectivity index (χ0v) is 19.4. The van der Waals surface area contributed by atoms with Gasteiger partial charge < -0.3 is 9.47 Å². The van der Waals surface area contributed by atoms with Gasteiger partial charge >= 0.3 is 0 Å². The Hall–Kier alpha value is -2.90. The van der Waals surface area contributed by atoms with E-state index >= 15 is 0 Å². The molecule has 1 aromatic heterocycles. The first kappa shape index (κ1) is 22.3. The van der Waals surface area contributed by atoms with Crippen LogP contribution in [0.15, 0.2) is 48.5 Å². The quantitative estimate of drug-likeness (QED) is 0.488.